The molecule has 1 fully saturated rings. The maximum Gasteiger partial charge on any atom is 0.168 e. The van der Waals surface area contributed by atoms with E-state index in [1.807, 2.05) is 0 Å². The van der Waals surface area contributed by atoms with Crippen molar-refractivity contribution >= 4 is 5.78 Å². The van der Waals surface area contributed by atoms with Crippen LogP contribution >= 0.6 is 0 Å². The molecule has 0 radical (unpaired) electrons. The predicted octanol–water partition coefficient (Wildman–Crippen LogP) is 2.39. The monoisotopic (exact) mass is 242 g/mol. The summed E-state index contributed by atoms with van der Waals surface area (Å²) in [6, 6.07) is 2.32. The van der Waals surface area contributed by atoms with Crippen LogP contribution in [0.1, 0.15) is 24.5 Å². The number of benzene rings is 1. The van der Waals surface area contributed by atoms with Gasteiger partial charge >= 0.3 is 0 Å². The van der Waals surface area contributed by atoms with Crippen LogP contribution in [-0.4, -0.2) is 19.5 Å². The van der Waals surface area contributed by atoms with E-state index in [1.54, 1.807) is 0 Å². The lowest BCUT2D eigenvalue weighted by molar-refractivity contribution is -0.128. The van der Waals surface area contributed by atoms with Gasteiger partial charge in [-0.2, -0.15) is 0 Å². The van der Waals surface area contributed by atoms with Crippen LogP contribution in [0.4, 0.5) is 8.78 Å². The maximum atomic E-state index is 13.7. The highest BCUT2D eigenvalue weighted by molar-refractivity contribution is 5.79. The molecule has 1 aliphatic heterocycles. The van der Waals surface area contributed by atoms with Crippen molar-refractivity contribution in [1.82, 2.24) is 0 Å². The van der Waals surface area contributed by atoms with Gasteiger partial charge in [-0.05, 0) is 12.1 Å². The molecule has 1 unspecified atom stereocenters. The third-order valence-corrected chi connectivity index (χ3v) is 2.75. The second-order valence-corrected chi connectivity index (χ2v) is 3.83. The van der Waals surface area contributed by atoms with E-state index in [-0.39, 0.29) is 30.1 Å². The third-order valence-electron chi connectivity index (χ3n) is 2.75. The van der Waals surface area contributed by atoms with Crippen LogP contribution in [0.15, 0.2) is 12.1 Å². The van der Waals surface area contributed by atoms with E-state index in [9.17, 15) is 13.6 Å². The molecule has 0 saturated carbocycles. The van der Waals surface area contributed by atoms with E-state index in [2.05, 4.69) is 0 Å². The Morgan fingerprint density at radius 2 is 2.18 bits per heavy atom. The van der Waals surface area contributed by atoms with Crippen molar-refractivity contribution in [3.8, 4) is 5.75 Å². The molecule has 1 aromatic carbocycles. The first-order valence-corrected chi connectivity index (χ1v) is 5.28. The van der Waals surface area contributed by atoms with Crippen molar-refractivity contribution in [2.24, 2.45) is 0 Å². The fourth-order valence-corrected chi connectivity index (χ4v) is 1.89. The van der Waals surface area contributed by atoms with E-state index in [1.165, 1.54) is 13.2 Å². The molecule has 1 atom stereocenters. The average molecular weight is 242 g/mol. The third kappa shape index (κ3) is 2.29. The van der Waals surface area contributed by atoms with Crippen LogP contribution in [0, 0.1) is 11.6 Å². The van der Waals surface area contributed by atoms with Gasteiger partial charge in [-0.15, -0.1) is 0 Å². The molecule has 0 aliphatic carbocycles. The van der Waals surface area contributed by atoms with Gasteiger partial charge in [0, 0.05) is 12.8 Å². The van der Waals surface area contributed by atoms with E-state index >= 15 is 0 Å². The minimum atomic E-state index is -1.01. The van der Waals surface area contributed by atoms with E-state index in [4.69, 9.17) is 9.47 Å². The maximum absolute atomic E-state index is 13.7. The molecule has 92 valence electrons. The number of hydrogen-bond acceptors (Lipinski definition) is 3. The molecule has 0 amide bonds. The second-order valence-electron chi connectivity index (χ2n) is 3.83. The smallest absolute Gasteiger partial charge is 0.168 e. The van der Waals surface area contributed by atoms with Crippen LogP contribution in [0.25, 0.3) is 0 Å². The number of methoxy groups -OCH3 is 1. The van der Waals surface area contributed by atoms with E-state index in [0.717, 1.165) is 6.07 Å². The zero-order valence-corrected chi connectivity index (χ0v) is 9.33. The Hall–Kier alpha value is -1.49. The Kier molecular flexibility index (Phi) is 3.38. The normalized spacial score (nSPS) is 20.4. The standard InChI is InChI=1S/C12H12F2O3/c1-16-9-3-2-8(13)12(14)11(9)10-6-7(15)4-5-17-10/h2-3,10H,4-6H2,1H3. The van der Waals surface area contributed by atoms with Gasteiger partial charge < -0.3 is 9.47 Å². The molecule has 5 heteroatoms. The lowest BCUT2D eigenvalue weighted by Crippen LogP contribution is -2.21. The number of ketones is 1. The lowest BCUT2D eigenvalue weighted by atomic mass is 9.99. The molecular weight excluding hydrogens is 230 g/mol. The molecule has 2 rings (SSSR count). The molecule has 0 bridgehead atoms. The largest absolute Gasteiger partial charge is 0.496 e. The van der Waals surface area contributed by atoms with Gasteiger partial charge in [-0.1, -0.05) is 0 Å². The van der Waals surface area contributed by atoms with Crippen LogP contribution < -0.4 is 4.74 Å². The first-order chi connectivity index (χ1) is 8.13. The quantitative estimate of drug-likeness (QED) is 0.798. The van der Waals surface area contributed by atoms with Gasteiger partial charge in [0.05, 0.1) is 25.4 Å². The number of carbonyl (C=O) groups is 1. The summed E-state index contributed by atoms with van der Waals surface area (Å²) in [5, 5.41) is 0. The van der Waals surface area contributed by atoms with Gasteiger partial charge in [0.1, 0.15) is 11.5 Å². The highest BCUT2D eigenvalue weighted by Crippen LogP contribution is 2.35. The minimum Gasteiger partial charge on any atom is -0.496 e. The van der Waals surface area contributed by atoms with Gasteiger partial charge in [0.25, 0.3) is 0 Å². The predicted molar refractivity (Wildman–Crippen MR) is 55.8 cm³/mol. The first-order valence-electron chi connectivity index (χ1n) is 5.28. The highest BCUT2D eigenvalue weighted by atomic mass is 19.2. The van der Waals surface area contributed by atoms with E-state index < -0.39 is 17.7 Å². The lowest BCUT2D eigenvalue weighted by Gasteiger charge is -2.24. The number of hydrogen-bond donors (Lipinski definition) is 0. The molecule has 1 aromatic rings. The topological polar surface area (TPSA) is 35.5 Å². The zero-order valence-electron chi connectivity index (χ0n) is 9.33. The number of Topliss-reactive ketones (excluding diaryl/α,β-unsaturated/α-hetero) is 1. The Labute approximate surface area is 97.3 Å². The summed E-state index contributed by atoms with van der Waals surface area (Å²) in [4.78, 5) is 11.3. The fraction of sp³-hybridized carbons (Fsp3) is 0.417. The molecule has 0 N–H and O–H groups in total. The number of carbonyl (C=O) groups excluding carboxylic acids is 1. The molecule has 3 nitrogen and oxygen atoms in total. The Bertz CT molecular complexity index is 446. The fourth-order valence-electron chi connectivity index (χ4n) is 1.89. The summed E-state index contributed by atoms with van der Waals surface area (Å²) < 4.78 is 37.2. The summed E-state index contributed by atoms with van der Waals surface area (Å²) in [5.41, 5.74) is -0.0134. The van der Waals surface area contributed by atoms with Gasteiger partial charge in [0.15, 0.2) is 11.6 Å². The van der Waals surface area contributed by atoms with Crippen molar-refractivity contribution in [3.63, 3.8) is 0 Å². The molecule has 0 spiro atoms. The first kappa shape index (κ1) is 12.0. The van der Waals surface area contributed by atoms with Crippen molar-refractivity contribution in [1.29, 1.82) is 0 Å². The second kappa shape index (κ2) is 4.79. The summed E-state index contributed by atoms with van der Waals surface area (Å²) in [6.45, 7) is 0.225. The Morgan fingerprint density at radius 1 is 1.41 bits per heavy atom. The average Bonchev–Trinajstić information content (AvgIpc) is 2.32. The molecular formula is C12H12F2O3. The number of ether oxygens (including phenoxy) is 2. The molecule has 1 aliphatic rings. The summed E-state index contributed by atoms with van der Waals surface area (Å²) in [6.07, 6.45) is -0.395. The molecule has 17 heavy (non-hydrogen) atoms. The number of halogens is 2. The van der Waals surface area contributed by atoms with Crippen molar-refractivity contribution < 1.29 is 23.0 Å². The van der Waals surface area contributed by atoms with Crippen LogP contribution in [0.2, 0.25) is 0 Å². The van der Waals surface area contributed by atoms with Crippen LogP contribution in [-0.2, 0) is 9.53 Å². The van der Waals surface area contributed by atoms with Crippen LogP contribution in [0.5, 0.6) is 5.75 Å². The summed E-state index contributed by atoms with van der Waals surface area (Å²) >= 11 is 0. The van der Waals surface area contributed by atoms with Crippen molar-refractivity contribution in [2.75, 3.05) is 13.7 Å². The zero-order chi connectivity index (χ0) is 12.4. The Morgan fingerprint density at radius 3 is 2.82 bits per heavy atom. The van der Waals surface area contributed by atoms with E-state index in [0.29, 0.717) is 6.42 Å². The number of rotatable bonds is 2. The SMILES string of the molecule is COc1ccc(F)c(F)c1C1CC(=O)CCO1. The molecule has 0 aromatic heterocycles. The summed E-state index contributed by atoms with van der Waals surface area (Å²) in [7, 11) is 1.36. The van der Waals surface area contributed by atoms with Gasteiger partial charge in [-0.3, -0.25) is 4.79 Å². The van der Waals surface area contributed by atoms with Gasteiger partial charge in [0.2, 0.25) is 0 Å². The summed E-state index contributed by atoms with van der Waals surface area (Å²) in [5.74, 6) is -1.80. The molecule has 1 saturated heterocycles. The van der Waals surface area contributed by atoms with Crippen molar-refractivity contribution in [2.45, 2.75) is 18.9 Å². The minimum absolute atomic E-state index is 0.0134. The highest BCUT2D eigenvalue weighted by Gasteiger charge is 2.28. The van der Waals surface area contributed by atoms with Gasteiger partial charge in [-0.25, -0.2) is 8.78 Å². The van der Waals surface area contributed by atoms with Crippen LogP contribution in [0.3, 0.4) is 0 Å². The Balaban J connectivity index is 2.41. The molecule has 1 heterocycles. The van der Waals surface area contributed by atoms with Crippen molar-refractivity contribution in [3.05, 3.63) is 29.3 Å².